The minimum absolute atomic E-state index is 0.233. The second-order valence-electron chi connectivity index (χ2n) is 4.11. The lowest BCUT2D eigenvalue weighted by atomic mass is 10.2. The van der Waals surface area contributed by atoms with E-state index in [1.807, 2.05) is 0 Å². The molecular weight excluding hydrogens is 276 g/mol. The number of carbonyl (C=O) groups excluding carboxylic acids is 1. The van der Waals surface area contributed by atoms with Gasteiger partial charge in [0.15, 0.2) is 5.69 Å². The van der Waals surface area contributed by atoms with Gasteiger partial charge in [-0.05, 0) is 30.3 Å². The van der Waals surface area contributed by atoms with E-state index in [1.165, 1.54) is 37.4 Å². The predicted molar refractivity (Wildman–Crippen MR) is 75.7 cm³/mol. The number of aromatic hydroxyl groups is 1. The smallest absolute Gasteiger partial charge is 0.296 e. The number of nitro groups is 1. The van der Waals surface area contributed by atoms with Crippen LogP contribution in [0.5, 0.6) is 11.5 Å². The van der Waals surface area contributed by atoms with Crippen LogP contribution in [-0.4, -0.2) is 23.0 Å². The van der Waals surface area contributed by atoms with Gasteiger partial charge in [-0.25, -0.2) is 0 Å². The van der Waals surface area contributed by atoms with Crippen LogP contribution < -0.4 is 10.1 Å². The zero-order chi connectivity index (χ0) is 15.4. The molecule has 0 aliphatic heterocycles. The molecule has 0 saturated carbocycles. The molecule has 2 aromatic rings. The predicted octanol–water partition coefficient (Wildman–Crippen LogP) is 2.56. The van der Waals surface area contributed by atoms with Gasteiger partial charge in [0.1, 0.15) is 11.5 Å². The first kappa shape index (κ1) is 14.3. The Balaban J connectivity index is 2.29. The average Bonchev–Trinajstić information content (AvgIpc) is 2.49. The summed E-state index contributed by atoms with van der Waals surface area (Å²) in [6.07, 6.45) is 0. The molecule has 0 unspecified atom stereocenters. The molecule has 0 aliphatic rings. The van der Waals surface area contributed by atoms with Crippen molar-refractivity contribution in [3.8, 4) is 11.5 Å². The number of para-hydroxylation sites is 1. The molecule has 2 aromatic carbocycles. The van der Waals surface area contributed by atoms with E-state index in [0.717, 1.165) is 0 Å². The van der Waals surface area contributed by atoms with Crippen LogP contribution in [0.3, 0.4) is 0 Å². The summed E-state index contributed by atoms with van der Waals surface area (Å²) in [6, 6.07) is 10.00. The number of nitrogens with one attached hydrogen (secondary N) is 1. The second kappa shape index (κ2) is 5.91. The molecule has 0 heterocycles. The number of ether oxygens (including phenoxy) is 1. The van der Waals surface area contributed by atoms with Gasteiger partial charge < -0.3 is 15.2 Å². The number of methoxy groups -OCH3 is 1. The Morgan fingerprint density at radius 3 is 2.48 bits per heavy atom. The SMILES string of the molecule is COc1ccc(C(=O)Nc2c(O)cccc2[N+](=O)[O-])cc1. The number of phenolic OH excluding ortho intramolecular Hbond substituents is 1. The first-order chi connectivity index (χ1) is 10.0. The number of rotatable bonds is 4. The fourth-order valence-electron chi connectivity index (χ4n) is 1.74. The minimum Gasteiger partial charge on any atom is -0.505 e. The van der Waals surface area contributed by atoms with Gasteiger partial charge in [0.05, 0.1) is 12.0 Å². The van der Waals surface area contributed by atoms with Gasteiger partial charge >= 0.3 is 0 Å². The first-order valence-corrected chi connectivity index (χ1v) is 5.94. The molecular formula is C14H12N2O5. The molecule has 7 nitrogen and oxygen atoms in total. The summed E-state index contributed by atoms with van der Waals surface area (Å²) in [5, 5.41) is 22.9. The highest BCUT2D eigenvalue weighted by Gasteiger charge is 2.20. The lowest BCUT2D eigenvalue weighted by Gasteiger charge is -2.08. The lowest BCUT2D eigenvalue weighted by Crippen LogP contribution is -2.13. The summed E-state index contributed by atoms with van der Waals surface area (Å²) in [5.74, 6) is -0.353. The largest absolute Gasteiger partial charge is 0.505 e. The van der Waals surface area contributed by atoms with E-state index < -0.39 is 10.8 Å². The fourth-order valence-corrected chi connectivity index (χ4v) is 1.74. The Hall–Kier alpha value is -3.09. The van der Waals surface area contributed by atoms with Crippen LogP contribution in [-0.2, 0) is 0 Å². The second-order valence-corrected chi connectivity index (χ2v) is 4.11. The summed E-state index contributed by atoms with van der Waals surface area (Å²) in [6.45, 7) is 0. The monoisotopic (exact) mass is 288 g/mol. The van der Waals surface area contributed by atoms with Crippen molar-refractivity contribution in [3.05, 3.63) is 58.1 Å². The van der Waals surface area contributed by atoms with Crippen LogP contribution in [0.2, 0.25) is 0 Å². The average molecular weight is 288 g/mol. The maximum Gasteiger partial charge on any atom is 0.296 e. The summed E-state index contributed by atoms with van der Waals surface area (Å²) < 4.78 is 4.98. The molecule has 21 heavy (non-hydrogen) atoms. The maximum atomic E-state index is 12.1. The molecule has 0 radical (unpaired) electrons. The maximum absolute atomic E-state index is 12.1. The Labute approximate surface area is 119 Å². The number of nitro benzene ring substituents is 1. The van der Waals surface area contributed by atoms with Crippen molar-refractivity contribution in [1.29, 1.82) is 0 Å². The van der Waals surface area contributed by atoms with Crippen molar-refractivity contribution in [2.45, 2.75) is 0 Å². The van der Waals surface area contributed by atoms with Crippen molar-refractivity contribution in [2.75, 3.05) is 12.4 Å². The van der Waals surface area contributed by atoms with Gasteiger partial charge in [-0.15, -0.1) is 0 Å². The third-order valence-corrected chi connectivity index (χ3v) is 2.81. The van der Waals surface area contributed by atoms with E-state index in [9.17, 15) is 20.0 Å². The Bertz CT molecular complexity index is 682. The van der Waals surface area contributed by atoms with E-state index in [0.29, 0.717) is 5.75 Å². The standard InChI is InChI=1S/C14H12N2O5/c1-21-10-7-5-9(6-8-10)14(18)15-13-11(16(19)20)3-2-4-12(13)17/h2-8,17H,1H3,(H,15,18). The molecule has 108 valence electrons. The molecule has 0 fully saturated rings. The normalized spacial score (nSPS) is 9.95. The van der Waals surface area contributed by atoms with Gasteiger partial charge in [-0.3, -0.25) is 14.9 Å². The van der Waals surface area contributed by atoms with Gasteiger partial charge in [0.2, 0.25) is 0 Å². The number of hydrogen-bond donors (Lipinski definition) is 2. The van der Waals surface area contributed by atoms with Crippen molar-refractivity contribution in [1.82, 2.24) is 0 Å². The highest BCUT2D eigenvalue weighted by Crippen LogP contribution is 2.33. The van der Waals surface area contributed by atoms with Crippen LogP contribution in [0.1, 0.15) is 10.4 Å². The quantitative estimate of drug-likeness (QED) is 0.511. The third kappa shape index (κ3) is 3.08. The van der Waals surface area contributed by atoms with E-state index in [-0.39, 0.29) is 22.7 Å². The van der Waals surface area contributed by atoms with Crippen LogP contribution >= 0.6 is 0 Å². The van der Waals surface area contributed by atoms with Crippen molar-refractivity contribution in [3.63, 3.8) is 0 Å². The molecule has 0 atom stereocenters. The van der Waals surface area contributed by atoms with Gasteiger partial charge in [0, 0.05) is 11.6 Å². The number of carbonyl (C=O) groups is 1. The summed E-state index contributed by atoms with van der Waals surface area (Å²) >= 11 is 0. The Morgan fingerprint density at radius 1 is 1.24 bits per heavy atom. The van der Waals surface area contributed by atoms with Crippen molar-refractivity contribution >= 4 is 17.3 Å². The number of amides is 1. The number of nitrogens with zero attached hydrogens (tertiary/aromatic N) is 1. The molecule has 2 N–H and O–H groups in total. The Morgan fingerprint density at radius 2 is 1.90 bits per heavy atom. The topological polar surface area (TPSA) is 102 Å². The molecule has 0 aliphatic carbocycles. The summed E-state index contributed by atoms with van der Waals surface area (Å²) in [5.41, 5.74) is -0.325. The number of anilines is 1. The van der Waals surface area contributed by atoms with Gasteiger partial charge in [-0.1, -0.05) is 6.07 Å². The number of benzene rings is 2. The van der Waals surface area contributed by atoms with Gasteiger partial charge in [0.25, 0.3) is 11.6 Å². The van der Waals surface area contributed by atoms with Crippen LogP contribution in [0.25, 0.3) is 0 Å². The minimum atomic E-state index is -0.677. The van der Waals surface area contributed by atoms with Crippen LogP contribution in [0.15, 0.2) is 42.5 Å². The van der Waals surface area contributed by atoms with Crippen LogP contribution in [0.4, 0.5) is 11.4 Å². The number of phenols is 1. The highest BCUT2D eigenvalue weighted by atomic mass is 16.6. The summed E-state index contributed by atoms with van der Waals surface area (Å²) in [4.78, 5) is 22.3. The van der Waals surface area contributed by atoms with Crippen LogP contribution in [0, 0.1) is 10.1 Å². The molecule has 7 heteroatoms. The molecule has 0 bridgehead atoms. The highest BCUT2D eigenvalue weighted by molar-refractivity contribution is 6.06. The Kier molecular flexibility index (Phi) is 4.03. The van der Waals surface area contributed by atoms with E-state index in [4.69, 9.17) is 4.74 Å². The zero-order valence-corrected chi connectivity index (χ0v) is 11.1. The van der Waals surface area contributed by atoms with Gasteiger partial charge in [-0.2, -0.15) is 0 Å². The zero-order valence-electron chi connectivity index (χ0n) is 11.1. The molecule has 0 aromatic heterocycles. The van der Waals surface area contributed by atoms with E-state index >= 15 is 0 Å². The van der Waals surface area contributed by atoms with E-state index in [1.54, 1.807) is 12.1 Å². The number of hydrogen-bond acceptors (Lipinski definition) is 5. The molecule has 0 saturated heterocycles. The third-order valence-electron chi connectivity index (χ3n) is 2.81. The molecule has 0 spiro atoms. The summed E-state index contributed by atoms with van der Waals surface area (Å²) in [7, 11) is 1.50. The van der Waals surface area contributed by atoms with E-state index in [2.05, 4.69) is 5.32 Å². The fraction of sp³-hybridized carbons (Fsp3) is 0.0714. The van der Waals surface area contributed by atoms with Crippen molar-refractivity contribution < 1.29 is 19.6 Å². The first-order valence-electron chi connectivity index (χ1n) is 5.94. The lowest BCUT2D eigenvalue weighted by molar-refractivity contribution is -0.384. The molecule has 2 rings (SSSR count). The molecule has 1 amide bonds. The van der Waals surface area contributed by atoms with Crippen molar-refractivity contribution in [2.24, 2.45) is 0 Å².